The highest BCUT2D eigenvalue weighted by molar-refractivity contribution is 5.88. The first-order chi connectivity index (χ1) is 8.60. The lowest BCUT2D eigenvalue weighted by molar-refractivity contribution is 0.0600. The van der Waals surface area contributed by atoms with Crippen LogP contribution in [0.15, 0.2) is 18.3 Å². The molecular weight excluding hydrogens is 230 g/mol. The van der Waals surface area contributed by atoms with Crippen molar-refractivity contribution in [1.82, 2.24) is 9.88 Å². The van der Waals surface area contributed by atoms with E-state index in [1.807, 2.05) is 6.07 Å². The molecule has 0 aliphatic carbocycles. The van der Waals surface area contributed by atoms with Crippen molar-refractivity contribution in [3.63, 3.8) is 0 Å². The summed E-state index contributed by atoms with van der Waals surface area (Å²) in [4.78, 5) is 17.8. The van der Waals surface area contributed by atoms with Gasteiger partial charge in [-0.2, -0.15) is 0 Å². The minimum atomic E-state index is -0.356. The van der Waals surface area contributed by atoms with Gasteiger partial charge in [-0.25, -0.2) is 4.79 Å². The fourth-order valence-corrected chi connectivity index (χ4v) is 2.21. The molecule has 2 unspecified atom stereocenters. The molecule has 5 heteroatoms. The predicted octanol–water partition coefficient (Wildman–Crippen LogP) is 0.647. The zero-order valence-corrected chi connectivity index (χ0v) is 10.8. The van der Waals surface area contributed by atoms with E-state index in [2.05, 4.69) is 21.5 Å². The van der Waals surface area contributed by atoms with Gasteiger partial charge in [0.15, 0.2) is 0 Å². The predicted molar refractivity (Wildman–Crippen MR) is 68.0 cm³/mol. The number of esters is 1. The normalized spacial score (nSPS) is 24.2. The molecule has 0 aromatic carbocycles. The molecule has 2 heterocycles. The van der Waals surface area contributed by atoms with Crippen molar-refractivity contribution in [3.05, 3.63) is 29.6 Å². The molecule has 98 valence electrons. The lowest BCUT2D eigenvalue weighted by atomic mass is 10.1. The molecule has 1 saturated heterocycles. The van der Waals surface area contributed by atoms with Crippen molar-refractivity contribution < 1.29 is 9.53 Å². The highest BCUT2D eigenvalue weighted by Gasteiger charge is 2.26. The van der Waals surface area contributed by atoms with Gasteiger partial charge in [-0.3, -0.25) is 9.88 Å². The minimum Gasteiger partial charge on any atom is -0.465 e. The number of carbonyl (C=O) groups excluding carboxylic acids is 1. The highest BCUT2D eigenvalue weighted by Crippen LogP contribution is 2.16. The summed E-state index contributed by atoms with van der Waals surface area (Å²) in [5.41, 5.74) is 7.41. The molecule has 0 bridgehead atoms. The zero-order chi connectivity index (χ0) is 13.1. The van der Waals surface area contributed by atoms with Gasteiger partial charge in [0.05, 0.1) is 18.4 Å². The largest absolute Gasteiger partial charge is 0.465 e. The fraction of sp³-hybridized carbons (Fsp3) is 0.538. The van der Waals surface area contributed by atoms with E-state index in [0.29, 0.717) is 11.5 Å². The van der Waals surface area contributed by atoms with E-state index in [1.54, 1.807) is 12.3 Å². The quantitative estimate of drug-likeness (QED) is 0.796. The maximum atomic E-state index is 11.3. The number of nitrogens with zero attached hydrogens (tertiary/aromatic N) is 2. The van der Waals surface area contributed by atoms with Crippen LogP contribution in [-0.4, -0.2) is 42.1 Å². The summed E-state index contributed by atoms with van der Waals surface area (Å²) < 4.78 is 4.63. The number of hydrogen-bond acceptors (Lipinski definition) is 5. The number of nitrogens with two attached hydrogens (primary N) is 1. The molecule has 0 radical (unpaired) electrons. The van der Waals surface area contributed by atoms with Crippen molar-refractivity contribution in [3.8, 4) is 0 Å². The van der Waals surface area contributed by atoms with Crippen LogP contribution in [0.25, 0.3) is 0 Å². The van der Waals surface area contributed by atoms with Gasteiger partial charge in [0, 0.05) is 31.9 Å². The van der Waals surface area contributed by atoms with Crippen LogP contribution in [0.2, 0.25) is 0 Å². The summed E-state index contributed by atoms with van der Waals surface area (Å²) in [6.45, 7) is 4.85. The first-order valence-electron chi connectivity index (χ1n) is 6.11. The SMILES string of the molecule is COC(=O)c1ccc(CN2CC(C)C(N)C2)nc1. The zero-order valence-electron chi connectivity index (χ0n) is 10.8. The average molecular weight is 249 g/mol. The molecule has 0 amide bonds. The summed E-state index contributed by atoms with van der Waals surface area (Å²) in [7, 11) is 1.36. The number of hydrogen-bond donors (Lipinski definition) is 1. The molecule has 0 spiro atoms. The van der Waals surface area contributed by atoms with E-state index in [1.165, 1.54) is 7.11 Å². The van der Waals surface area contributed by atoms with Crippen LogP contribution in [0.3, 0.4) is 0 Å². The third-order valence-electron chi connectivity index (χ3n) is 3.38. The van der Waals surface area contributed by atoms with Crippen LogP contribution >= 0.6 is 0 Å². The standard InChI is InChI=1S/C13H19N3O2/c1-9-6-16(8-12(9)14)7-11-4-3-10(5-15-11)13(17)18-2/h3-5,9,12H,6-8,14H2,1-2H3. The van der Waals surface area contributed by atoms with E-state index in [9.17, 15) is 4.79 Å². The topological polar surface area (TPSA) is 68.5 Å². The van der Waals surface area contributed by atoms with Gasteiger partial charge >= 0.3 is 5.97 Å². The number of methoxy groups -OCH3 is 1. The number of rotatable bonds is 3. The van der Waals surface area contributed by atoms with Gasteiger partial charge < -0.3 is 10.5 Å². The molecular formula is C13H19N3O2. The maximum absolute atomic E-state index is 11.3. The smallest absolute Gasteiger partial charge is 0.339 e. The van der Waals surface area contributed by atoms with Crippen LogP contribution in [0.4, 0.5) is 0 Å². The van der Waals surface area contributed by atoms with Crippen molar-refractivity contribution in [2.45, 2.75) is 19.5 Å². The van der Waals surface area contributed by atoms with Crippen LogP contribution in [0.1, 0.15) is 23.0 Å². The fourth-order valence-electron chi connectivity index (χ4n) is 2.21. The average Bonchev–Trinajstić information content (AvgIpc) is 2.68. The second-order valence-corrected chi connectivity index (χ2v) is 4.87. The number of likely N-dealkylation sites (tertiary alicyclic amines) is 1. The van der Waals surface area contributed by atoms with E-state index in [-0.39, 0.29) is 12.0 Å². The lowest BCUT2D eigenvalue weighted by Crippen LogP contribution is -2.28. The van der Waals surface area contributed by atoms with E-state index in [0.717, 1.165) is 25.3 Å². The Hall–Kier alpha value is -1.46. The van der Waals surface area contributed by atoms with Crippen LogP contribution in [0.5, 0.6) is 0 Å². The Morgan fingerprint density at radius 1 is 1.56 bits per heavy atom. The molecule has 2 atom stereocenters. The van der Waals surface area contributed by atoms with Gasteiger partial charge in [0.2, 0.25) is 0 Å². The summed E-state index contributed by atoms with van der Waals surface area (Å²) in [6.07, 6.45) is 1.56. The van der Waals surface area contributed by atoms with Crippen LogP contribution < -0.4 is 5.73 Å². The molecule has 1 aliphatic heterocycles. The summed E-state index contributed by atoms with van der Waals surface area (Å²) in [6, 6.07) is 3.85. The Morgan fingerprint density at radius 3 is 2.83 bits per heavy atom. The van der Waals surface area contributed by atoms with Gasteiger partial charge in [-0.15, -0.1) is 0 Å². The van der Waals surface area contributed by atoms with Crippen molar-refractivity contribution in [2.75, 3.05) is 20.2 Å². The van der Waals surface area contributed by atoms with Gasteiger partial charge in [-0.05, 0) is 18.1 Å². The maximum Gasteiger partial charge on any atom is 0.339 e. The Labute approximate surface area is 107 Å². The molecule has 1 aromatic heterocycles. The Bertz CT molecular complexity index is 409. The molecule has 1 aromatic rings. The van der Waals surface area contributed by atoms with E-state index in [4.69, 9.17) is 5.73 Å². The number of pyridine rings is 1. The molecule has 2 rings (SSSR count). The summed E-state index contributed by atoms with van der Waals surface area (Å²) in [5.74, 6) is 0.171. The number of ether oxygens (including phenoxy) is 1. The van der Waals surface area contributed by atoms with Crippen molar-refractivity contribution in [2.24, 2.45) is 11.7 Å². The van der Waals surface area contributed by atoms with Crippen molar-refractivity contribution in [1.29, 1.82) is 0 Å². The summed E-state index contributed by atoms with van der Waals surface area (Å²) >= 11 is 0. The van der Waals surface area contributed by atoms with Crippen LogP contribution in [0, 0.1) is 5.92 Å². The van der Waals surface area contributed by atoms with Gasteiger partial charge in [0.25, 0.3) is 0 Å². The van der Waals surface area contributed by atoms with Gasteiger partial charge in [-0.1, -0.05) is 6.92 Å². The molecule has 18 heavy (non-hydrogen) atoms. The third kappa shape index (κ3) is 2.86. The molecule has 2 N–H and O–H groups in total. The monoisotopic (exact) mass is 249 g/mol. The molecule has 5 nitrogen and oxygen atoms in total. The first-order valence-corrected chi connectivity index (χ1v) is 6.11. The number of aromatic nitrogens is 1. The second kappa shape index (κ2) is 5.46. The third-order valence-corrected chi connectivity index (χ3v) is 3.38. The van der Waals surface area contributed by atoms with E-state index >= 15 is 0 Å². The molecule has 1 aliphatic rings. The Balaban J connectivity index is 1.97. The second-order valence-electron chi connectivity index (χ2n) is 4.87. The van der Waals surface area contributed by atoms with Gasteiger partial charge in [0.1, 0.15) is 0 Å². The molecule has 0 saturated carbocycles. The van der Waals surface area contributed by atoms with Crippen molar-refractivity contribution >= 4 is 5.97 Å². The Morgan fingerprint density at radius 2 is 2.33 bits per heavy atom. The molecule has 1 fully saturated rings. The minimum absolute atomic E-state index is 0.249. The Kier molecular flexibility index (Phi) is 3.93. The van der Waals surface area contributed by atoms with E-state index < -0.39 is 0 Å². The lowest BCUT2D eigenvalue weighted by Gasteiger charge is -2.14. The first kappa shape index (κ1) is 13.0. The summed E-state index contributed by atoms with van der Waals surface area (Å²) in [5, 5.41) is 0. The van der Waals surface area contributed by atoms with Crippen LogP contribution in [-0.2, 0) is 11.3 Å². The highest BCUT2D eigenvalue weighted by atomic mass is 16.5. The number of carbonyl (C=O) groups is 1.